The normalized spacial score (nSPS) is 18.7. The summed E-state index contributed by atoms with van der Waals surface area (Å²) in [5.74, 6) is 0.996. The lowest BCUT2D eigenvalue weighted by Crippen LogP contribution is -2.37. The molecule has 32 heavy (non-hydrogen) atoms. The van der Waals surface area contributed by atoms with E-state index in [1.54, 1.807) is 14.0 Å². The minimum Gasteiger partial charge on any atom is -0.497 e. The summed E-state index contributed by atoms with van der Waals surface area (Å²) < 4.78 is 45.1. The van der Waals surface area contributed by atoms with Crippen LogP contribution in [0.2, 0.25) is 0 Å². The number of nitrogens with one attached hydrogen (secondary N) is 3. The topological polar surface area (TPSA) is 101 Å². The van der Waals surface area contributed by atoms with E-state index in [2.05, 4.69) is 30.9 Å². The first-order valence-corrected chi connectivity index (χ1v) is 10.4. The first-order chi connectivity index (χ1) is 15.2. The molecule has 0 bridgehead atoms. The molecule has 8 nitrogen and oxygen atoms in total. The number of hydrogen-bond donors (Lipinski definition) is 3. The number of aromatic nitrogens is 3. The van der Waals surface area contributed by atoms with Crippen molar-refractivity contribution in [3.05, 3.63) is 35.2 Å². The Hall–Kier alpha value is -3.11. The Bertz CT molecular complexity index is 954. The van der Waals surface area contributed by atoms with Crippen molar-refractivity contribution in [3.63, 3.8) is 0 Å². The SMILES string of the molecule is CNc1nc(C)nc(N[C@@H]2CCC[C@H](C(=O)NCc3ccc(OC)cc3C(F)(F)F)C2)n1. The molecule has 11 heteroatoms. The smallest absolute Gasteiger partial charge is 0.416 e. The standard InChI is InChI=1S/C21H27F3N6O2/c1-12-27-19(25-2)30-20(28-12)29-15-6-4-5-13(9-15)18(31)26-11-14-7-8-16(32-3)10-17(14)21(22,23)24/h7-8,10,13,15H,4-6,9,11H2,1-3H3,(H,26,31)(H2,25,27,28,29,30)/t13-,15+/m0/s1. The van der Waals surface area contributed by atoms with Crippen molar-refractivity contribution in [2.24, 2.45) is 5.92 Å². The van der Waals surface area contributed by atoms with Crippen LogP contribution in [0.25, 0.3) is 0 Å². The van der Waals surface area contributed by atoms with E-state index in [0.717, 1.165) is 18.9 Å². The average molecular weight is 452 g/mol. The third kappa shape index (κ3) is 5.98. The quantitative estimate of drug-likeness (QED) is 0.591. The van der Waals surface area contributed by atoms with E-state index >= 15 is 0 Å². The van der Waals surface area contributed by atoms with Crippen molar-refractivity contribution < 1.29 is 22.7 Å². The van der Waals surface area contributed by atoms with Crippen molar-refractivity contribution in [1.82, 2.24) is 20.3 Å². The van der Waals surface area contributed by atoms with Crippen molar-refractivity contribution in [2.45, 2.75) is 51.4 Å². The number of carbonyl (C=O) groups is 1. The van der Waals surface area contributed by atoms with Gasteiger partial charge in [-0.05, 0) is 43.9 Å². The molecule has 1 amide bonds. The first-order valence-electron chi connectivity index (χ1n) is 10.4. The van der Waals surface area contributed by atoms with Crippen LogP contribution in [-0.2, 0) is 17.5 Å². The fourth-order valence-corrected chi connectivity index (χ4v) is 3.83. The second-order valence-corrected chi connectivity index (χ2v) is 7.72. The van der Waals surface area contributed by atoms with Gasteiger partial charge in [0.15, 0.2) is 0 Å². The van der Waals surface area contributed by atoms with E-state index in [1.165, 1.54) is 19.2 Å². The minimum absolute atomic E-state index is 0.00242. The number of hydrogen-bond acceptors (Lipinski definition) is 7. The molecule has 1 saturated carbocycles. The Morgan fingerprint density at radius 1 is 1.19 bits per heavy atom. The zero-order valence-electron chi connectivity index (χ0n) is 18.2. The van der Waals surface area contributed by atoms with Crippen LogP contribution in [0.1, 0.15) is 42.6 Å². The molecule has 0 saturated heterocycles. The molecule has 1 fully saturated rings. The molecule has 0 spiro atoms. The molecule has 0 unspecified atom stereocenters. The van der Waals surface area contributed by atoms with Gasteiger partial charge in [0.1, 0.15) is 11.6 Å². The highest BCUT2D eigenvalue weighted by atomic mass is 19.4. The van der Waals surface area contributed by atoms with Crippen LogP contribution in [0.15, 0.2) is 18.2 Å². The lowest BCUT2D eigenvalue weighted by molar-refractivity contribution is -0.138. The number of ether oxygens (including phenoxy) is 1. The Balaban J connectivity index is 1.62. The molecule has 2 atom stereocenters. The maximum Gasteiger partial charge on any atom is 0.416 e. The van der Waals surface area contributed by atoms with Crippen molar-refractivity contribution in [3.8, 4) is 5.75 Å². The zero-order chi connectivity index (χ0) is 23.3. The second kappa shape index (κ2) is 10.0. The number of benzene rings is 1. The molecule has 174 valence electrons. The van der Waals surface area contributed by atoms with Gasteiger partial charge in [-0.3, -0.25) is 4.79 Å². The lowest BCUT2D eigenvalue weighted by Gasteiger charge is -2.29. The summed E-state index contributed by atoms with van der Waals surface area (Å²) in [5, 5.41) is 8.80. The van der Waals surface area contributed by atoms with Crippen LogP contribution in [0.5, 0.6) is 5.75 Å². The predicted octanol–water partition coefficient (Wildman–Crippen LogP) is 3.54. The summed E-state index contributed by atoms with van der Waals surface area (Å²) in [5.41, 5.74) is -0.816. The van der Waals surface area contributed by atoms with Crippen LogP contribution in [0, 0.1) is 12.8 Å². The molecule has 1 aromatic heterocycles. The Labute approximate surface area is 184 Å². The van der Waals surface area contributed by atoms with Crippen LogP contribution in [-0.4, -0.2) is 41.1 Å². The van der Waals surface area contributed by atoms with Gasteiger partial charge in [-0.15, -0.1) is 0 Å². The molecule has 2 aromatic rings. The molecular formula is C21H27F3N6O2. The van der Waals surface area contributed by atoms with E-state index in [-0.39, 0.29) is 35.7 Å². The fraction of sp³-hybridized carbons (Fsp3) is 0.524. The number of amides is 1. The van der Waals surface area contributed by atoms with E-state index in [0.29, 0.717) is 30.6 Å². The van der Waals surface area contributed by atoms with Crippen LogP contribution in [0.3, 0.4) is 0 Å². The van der Waals surface area contributed by atoms with Gasteiger partial charge in [-0.1, -0.05) is 12.5 Å². The summed E-state index contributed by atoms with van der Waals surface area (Å²) in [6, 6.07) is 3.71. The van der Waals surface area contributed by atoms with E-state index in [9.17, 15) is 18.0 Å². The lowest BCUT2D eigenvalue weighted by atomic mass is 9.85. The van der Waals surface area contributed by atoms with Gasteiger partial charge in [-0.25, -0.2) is 0 Å². The van der Waals surface area contributed by atoms with Crippen molar-refractivity contribution >= 4 is 17.8 Å². The summed E-state index contributed by atoms with van der Waals surface area (Å²) in [7, 11) is 3.02. The number of carbonyl (C=O) groups excluding carboxylic acids is 1. The number of rotatable bonds is 7. The largest absolute Gasteiger partial charge is 0.497 e. The van der Waals surface area contributed by atoms with Crippen molar-refractivity contribution in [2.75, 3.05) is 24.8 Å². The number of anilines is 2. The molecular weight excluding hydrogens is 425 g/mol. The van der Waals surface area contributed by atoms with E-state index in [1.807, 2.05) is 0 Å². The fourth-order valence-electron chi connectivity index (χ4n) is 3.83. The van der Waals surface area contributed by atoms with Crippen LogP contribution in [0.4, 0.5) is 25.1 Å². The Morgan fingerprint density at radius 3 is 2.62 bits per heavy atom. The maximum atomic E-state index is 13.4. The Morgan fingerprint density at radius 2 is 1.94 bits per heavy atom. The third-order valence-corrected chi connectivity index (χ3v) is 5.42. The molecule has 3 N–H and O–H groups in total. The average Bonchev–Trinajstić information content (AvgIpc) is 2.76. The molecule has 1 aromatic carbocycles. The van der Waals surface area contributed by atoms with E-state index < -0.39 is 11.7 Å². The number of methoxy groups -OCH3 is 1. The van der Waals surface area contributed by atoms with Gasteiger partial charge in [0, 0.05) is 25.6 Å². The molecule has 1 aliphatic rings. The highest BCUT2D eigenvalue weighted by molar-refractivity contribution is 5.78. The van der Waals surface area contributed by atoms with Gasteiger partial charge < -0.3 is 20.7 Å². The molecule has 3 rings (SSSR count). The number of halogens is 3. The van der Waals surface area contributed by atoms with Crippen molar-refractivity contribution in [1.29, 1.82) is 0 Å². The Kier molecular flexibility index (Phi) is 7.37. The van der Waals surface area contributed by atoms with Gasteiger partial charge in [0.2, 0.25) is 17.8 Å². The van der Waals surface area contributed by atoms with Gasteiger partial charge in [-0.2, -0.15) is 28.1 Å². The first kappa shape index (κ1) is 23.6. The van der Waals surface area contributed by atoms with Gasteiger partial charge >= 0.3 is 6.18 Å². The minimum atomic E-state index is -4.54. The third-order valence-electron chi connectivity index (χ3n) is 5.42. The van der Waals surface area contributed by atoms with E-state index in [4.69, 9.17) is 4.74 Å². The summed E-state index contributed by atoms with van der Waals surface area (Å²) in [4.78, 5) is 25.4. The monoisotopic (exact) mass is 452 g/mol. The molecule has 1 heterocycles. The van der Waals surface area contributed by atoms with Gasteiger partial charge in [0.25, 0.3) is 0 Å². The zero-order valence-corrected chi connectivity index (χ0v) is 18.2. The molecule has 0 aliphatic heterocycles. The van der Waals surface area contributed by atoms with Crippen LogP contribution < -0.4 is 20.7 Å². The maximum absolute atomic E-state index is 13.4. The summed E-state index contributed by atoms with van der Waals surface area (Å²) in [6.07, 6.45) is -1.66. The number of alkyl halides is 3. The highest BCUT2D eigenvalue weighted by Gasteiger charge is 2.34. The molecule has 1 aliphatic carbocycles. The molecule has 0 radical (unpaired) electrons. The second-order valence-electron chi connectivity index (χ2n) is 7.72. The number of aryl methyl sites for hydroxylation is 1. The van der Waals surface area contributed by atoms with Gasteiger partial charge in [0.05, 0.1) is 12.7 Å². The summed E-state index contributed by atoms with van der Waals surface area (Å²) in [6.45, 7) is 1.56. The predicted molar refractivity (Wildman–Crippen MR) is 113 cm³/mol. The summed E-state index contributed by atoms with van der Waals surface area (Å²) >= 11 is 0. The highest BCUT2D eigenvalue weighted by Crippen LogP contribution is 2.34. The number of nitrogens with zero attached hydrogens (tertiary/aromatic N) is 3. The van der Waals surface area contributed by atoms with Crippen LogP contribution >= 0.6 is 0 Å².